The highest BCUT2D eigenvalue weighted by Crippen LogP contribution is 2.34. The number of rotatable bonds is 9. The number of amides is 1. The maximum absolute atomic E-state index is 13.5. The third kappa shape index (κ3) is 5.36. The van der Waals surface area contributed by atoms with Crippen molar-refractivity contribution >= 4 is 12.2 Å². The Morgan fingerprint density at radius 1 is 1.16 bits per heavy atom. The van der Waals surface area contributed by atoms with E-state index in [1.165, 1.54) is 6.07 Å². The van der Waals surface area contributed by atoms with Crippen LogP contribution in [-0.4, -0.2) is 29.5 Å². The lowest BCUT2D eigenvalue weighted by Crippen LogP contribution is -2.24. The first-order valence-electron chi connectivity index (χ1n) is 10.7. The van der Waals surface area contributed by atoms with Gasteiger partial charge in [-0.25, -0.2) is 9.37 Å². The number of anilines is 1. The van der Waals surface area contributed by atoms with E-state index in [1.54, 1.807) is 24.5 Å². The molecule has 32 heavy (non-hydrogen) atoms. The van der Waals surface area contributed by atoms with Crippen molar-refractivity contribution in [2.75, 3.05) is 18.4 Å². The van der Waals surface area contributed by atoms with Crippen LogP contribution in [0.3, 0.4) is 0 Å². The van der Waals surface area contributed by atoms with Crippen LogP contribution in [0.1, 0.15) is 29.2 Å². The largest absolute Gasteiger partial charge is 0.369 e. The van der Waals surface area contributed by atoms with Crippen molar-refractivity contribution in [1.29, 1.82) is 0 Å². The topological polar surface area (TPSA) is 78.9 Å². The number of carbonyl (C=O) groups excluding carboxylic acids is 1. The van der Waals surface area contributed by atoms with Crippen LogP contribution in [0.15, 0.2) is 67.0 Å². The molecular weight excluding hydrogens is 405 g/mol. The van der Waals surface area contributed by atoms with Gasteiger partial charge >= 0.3 is 0 Å². The molecule has 1 unspecified atom stereocenters. The number of nitrogens with zero attached hydrogens (tertiary/aromatic N) is 2. The maximum Gasteiger partial charge on any atom is 0.207 e. The van der Waals surface area contributed by atoms with Crippen molar-refractivity contribution in [3.63, 3.8) is 0 Å². The fourth-order valence-electron chi connectivity index (χ4n) is 3.83. The zero-order valence-electron chi connectivity index (χ0n) is 17.7. The van der Waals surface area contributed by atoms with Gasteiger partial charge in [-0.05, 0) is 60.3 Å². The molecule has 2 aromatic heterocycles. The van der Waals surface area contributed by atoms with Crippen LogP contribution in [0.2, 0.25) is 0 Å². The van der Waals surface area contributed by atoms with E-state index in [0.717, 1.165) is 46.7 Å². The van der Waals surface area contributed by atoms with Gasteiger partial charge < -0.3 is 16.0 Å². The summed E-state index contributed by atoms with van der Waals surface area (Å²) in [7, 11) is 0. The van der Waals surface area contributed by atoms with Crippen LogP contribution >= 0.6 is 0 Å². The summed E-state index contributed by atoms with van der Waals surface area (Å²) in [4.78, 5) is 19.8. The third-order valence-corrected chi connectivity index (χ3v) is 5.39. The normalized spacial score (nSPS) is 15.3. The molecule has 3 N–H and O–H groups in total. The third-order valence-electron chi connectivity index (χ3n) is 5.39. The molecule has 3 aromatic rings. The Morgan fingerprint density at radius 2 is 2.09 bits per heavy atom. The van der Waals surface area contributed by atoms with Gasteiger partial charge in [-0.1, -0.05) is 30.4 Å². The standard InChI is InChI=1S/C25H26FN5O/c26-20-5-3-4-18(14-20)9-12-29-25-24(23-8-7-19(16-31-23)15-27-17-32)21(10-13-30-25)22-6-1-2-11-28-22/h1,3-8,10,13-14,16-17,22,28H,2,9,11-12,15H2,(H,27,32)(H,29,30). The zero-order valence-corrected chi connectivity index (χ0v) is 17.7. The van der Waals surface area contributed by atoms with Gasteiger partial charge in [0.15, 0.2) is 0 Å². The minimum Gasteiger partial charge on any atom is -0.369 e. The van der Waals surface area contributed by atoms with Crippen molar-refractivity contribution in [2.45, 2.75) is 25.4 Å². The van der Waals surface area contributed by atoms with E-state index in [0.29, 0.717) is 25.9 Å². The second-order valence-electron chi connectivity index (χ2n) is 7.63. The van der Waals surface area contributed by atoms with Crippen molar-refractivity contribution < 1.29 is 9.18 Å². The quantitative estimate of drug-likeness (QED) is 0.355. The number of hydrogen-bond donors (Lipinski definition) is 3. The molecule has 0 saturated carbocycles. The molecule has 1 amide bonds. The van der Waals surface area contributed by atoms with Crippen LogP contribution in [0, 0.1) is 5.82 Å². The van der Waals surface area contributed by atoms with E-state index < -0.39 is 0 Å². The molecule has 1 aliphatic heterocycles. The molecule has 0 radical (unpaired) electrons. The second kappa shape index (κ2) is 10.6. The summed E-state index contributed by atoms with van der Waals surface area (Å²) >= 11 is 0. The minimum atomic E-state index is -0.230. The van der Waals surface area contributed by atoms with E-state index in [9.17, 15) is 9.18 Å². The molecule has 3 heterocycles. The van der Waals surface area contributed by atoms with E-state index in [1.807, 2.05) is 24.3 Å². The Bertz CT molecular complexity index is 1080. The lowest BCUT2D eigenvalue weighted by molar-refractivity contribution is -0.109. The Hall–Kier alpha value is -3.58. The number of carbonyl (C=O) groups is 1. The molecule has 1 aliphatic rings. The van der Waals surface area contributed by atoms with Gasteiger partial charge in [-0.2, -0.15) is 0 Å². The second-order valence-corrected chi connectivity index (χ2v) is 7.63. The number of aromatic nitrogens is 2. The summed E-state index contributed by atoms with van der Waals surface area (Å²) in [5.74, 6) is 0.512. The zero-order chi connectivity index (χ0) is 22.2. The summed E-state index contributed by atoms with van der Waals surface area (Å²) in [6, 6.07) is 12.6. The number of pyridine rings is 2. The summed E-state index contributed by atoms with van der Waals surface area (Å²) in [6.07, 6.45) is 10.3. The first kappa shape index (κ1) is 21.6. The monoisotopic (exact) mass is 431 g/mol. The van der Waals surface area contributed by atoms with Crippen LogP contribution in [0.4, 0.5) is 10.2 Å². The molecule has 1 aromatic carbocycles. The fourth-order valence-corrected chi connectivity index (χ4v) is 3.83. The highest BCUT2D eigenvalue weighted by molar-refractivity contribution is 5.77. The van der Waals surface area contributed by atoms with Crippen molar-refractivity contribution in [3.05, 3.63) is 89.5 Å². The fraction of sp³-hybridized carbons (Fsp3) is 0.240. The average molecular weight is 432 g/mol. The molecule has 4 rings (SSSR count). The van der Waals surface area contributed by atoms with Crippen LogP contribution in [-0.2, 0) is 17.8 Å². The molecule has 0 bridgehead atoms. The van der Waals surface area contributed by atoms with Gasteiger partial charge in [-0.15, -0.1) is 0 Å². The Kier molecular flexibility index (Phi) is 7.19. The summed E-state index contributed by atoms with van der Waals surface area (Å²) in [6.45, 7) is 1.96. The molecule has 7 heteroatoms. The van der Waals surface area contributed by atoms with Gasteiger partial charge in [-0.3, -0.25) is 9.78 Å². The predicted molar refractivity (Wildman–Crippen MR) is 123 cm³/mol. The maximum atomic E-state index is 13.5. The minimum absolute atomic E-state index is 0.0729. The molecule has 0 spiro atoms. The van der Waals surface area contributed by atoms with Gasteiger partial charge in [0.05, 0.1) is 11.7 Å². The van der Waals surface area contributed by atoms with Gasteiger partial charge in [0, 0.05) is 31.0 Å². The number of nitrogens with one attached hydrogen (secondary N) is 3. The Morgan fingerprint density at radius 3 is 2.84 bits per heavy atom. The van der Waals surface area contributed by atoms with Crippen molar-refractivity contribution in [1.82, 2.24) is 20.6 Å². The molecule has 1 atom stereocenters. The van der Waals surface area contributed by atoms with Crippen LogP contribution < -0.4 is 16.0 Å². The van der Waals surface area contributed by atoms with E-state index in [4.69, 9.17) is 0 Å². The number of halogens is 1. The smallest absolute Gasteiger partial charge is 0.207 e. The molecule has 164 valence electrons. The summed E-state index contributed by atoms with van der Waals surface area (Å²) < 4.78 is 13.5. The van der Waals surface area contributed by atoms with Gasteiger partial charge in [0.1, 0.15) is 11.6 Å². The predicted octanol–water partition coefficient (Wildman–Crippen LogP) is 3.77. The molecule has 0 aliphatic carbocycles. The van der Waals surface area contributed by atoms with Crippen molar-refractivity contribution in [3.8, 4) is 11.3 Å². The number of benzene rings is 1. The van der Waals surface area contributed by atoms with Crippen LogP contribution in [0.25, 0.3) is 11.3 Å². The lowest BCUT2D eigenvalue weighted by Gasteiger charge is -2.23. The van der Waals surface area contributed by atoms with E-state index in [-0.39, 0.29) is 11.9 Å². The lowest BCUT2D eigenvalue weighted by atomic mass is 9.96. The first-order valence-corrected chi connectivity index (χ1v) is 10.7. The molecule has 0 fully saturated rings. The highest BCUT2D eigenvalue weighted by atomic mass is 19.1. The summed E-state index contributed by atoms with van der Waals surface area (Å²) in [5, 5.41) is 9.62. The highest BCUT2D eigenvalue weighted by Gasteiger charge is 2.20. The SMILES string of the molecule is O=CNCc1ccc(-c2c(C3C=CCCN3)ccnc2NCCc2cccc(F)c2)nc1. The van der Waals surface area contributed by atoms with E-state index >= 15 is 0 Å². The first-order chi connectivity index (χ1) is 15.7. The molecular formula is C25H26FN5O. The Labute approximate surface area is 187 Å². The van der Waals surface area contributed by atoms with E-state index in [2.05, 4.69) is 38.1 Å². The molecule has 6 nitrogen and oxygen atoms in total. The Balaban J connectivity index is 1.62. The van der Waals surface area contributed by atoms with Crippen LogP contribution in [0.5, 0.6) is 0 Å². The summed E-state index contributed by atoms with van der Waals surface area (Å²) in [5.41, 5.74) is 4.68. The number of hydrogen-bond acceptors (Lipinski definition) is 5. The molecule has 0 saturated heterocycles. The van der Waals surface area contributed by atoms with Crippen molar-refractivity contribution in [2.24, 2.45) is 0 Å². The van der Waals surface area contributed by atoms with Gasteiger partial charge in [0.25, 0.3) is 0 Å². The average Bonchev–Trinajstić information content (AvgIpc) is 2.84. The van der Waals surface area contributed by atoms with Gasteiger partial charge in [0.2, 0.25) is 6.41 Å².